The van der Waals surface area contributed by atoms with Crippen molar-refractivity contribution >= 4 is 34.9 Å². The second-order valence-electron chi connectivity index (χ2n) is 6.45. The van der Waals surface area contributed by atoms with E-state index in [1.165, 1.54) is 0 Å². The van der Waals surface area contributed by atoms with Crippen molar-refractivity contribution in [2.24, 2.45) is 4.99 Å². The van der Waals surface area contributed by atoms with Crippen molar-refractivity contribution in [1.82, 2.24) is 5.32 Å². The summed E-state index contributed by atoms with van der Waals surface area (Å²) in [5, 5.41) is 4.25. The van der Waals surface area contributed by atoms with E-state index in [1.807, 2.05) is 66.7 Å². The number of nitrogens with zero attached hydrogens (tertiary/aromatic N) is 1. The van der Waals surface area contributed by atoms with Crippen LogP contribution in [0.25, 0.3) is 0 Å². The number of carbonyl (C=O) groups excluding carboxylic acids is 1. The van der Waals surface area contributed by atoms with Crippen molar-refractivity contribution in [2.75, 3.05) is 0 Å². The molecule has 0 aromatic heterocycles. The Kier molecular flexibility index (Phi) is 4.73. The van der Waals surface area contributed by atoms with Gasteiger partial charge in [-0.3, -0.25) is 4.79 Å². The van der Waals surface area contributed by atoms with Crippen LogP contribution >= 0.6 is 23.2 Å². The van der Waals surface area contributed by atoms with Crippen LogP contribution in [0.15, 0.2) is 83.9 Å². The van der Waals surface area contributed by atoms with Crippen LogP contribution in [0.1, 0.15) is 16.7 Å². The average molecular weight is 395 g/mol. The zero-order chi connectivity index (χ0) is 18.9. The molecular weight excluding hydrogens is 379 g/mol. The fourth-order valence-electron chi connectivity index (χ4n) is 3.25. The molecule has 1 aliphatic heterocycles. The largest absolute Gasteiger partial charge is 0.308 e. The lowest BCUT2D eigenvalue weighted by Gasteiger charge is -2.24. The minimum absolute atomic E-state index is 0.145. The third kappa shape index (κ3) is 3.48. The van der Waals surface area contributed by atoms with Crippen LogP contribution in [0.2, 0.25) is 10.0 Å². The van der Waals surface area contributed by atoms with Crippen molar-refractivity contribution in [3.05, 3.63) is 106 Å². The van der Waals surface area contributed by atoms with Crippen molar-refractivity contribution < 1.29 is 4.79 Å². The SMILES string of the molecule is O=C1NC(c2ccc(Cl)cc2)=NC1(Cc1ccc(Cl)cc1)c1ccccc1. The summed E-state index contributed by atoms with van der Waals surface area (Å²) in [4.78, 5) is 18.0. The molecule has 0 fully saturated rings. The highest BCUT2D eigenvalue weighted by molar-refractivity contribution is 6.31. The number of carbonyl (C=O) groups is 1. The smallest absolute Gasteiger partial charge is 0.258 e. The van der Waals surface area contributed by atoms with Gasteiger partial charge in [0.05, 0.1) is 0 Å². The Bertz CT molecular complexity index is 999. The fourth-order valence-corrected chi connectivity index (χ4v) is 3.51. The van der Waals surface area contributed by atoms with Crippen LogP contribution in [-0.2, 0) is 16.8 Å². The molecule has 1 heterocycles. The van der Waals surface area contributed by atoms with Crippen LogP contribution in [0.5, 0.6) is 0 Å². The van der Waals surface area contributed by atoms with Gasteiger partial charge >= 0.3 is 0 Å². The normalized spacial score (nSPS) is 18.9. The second-order valence-corrected chi connectivity index (χ2v) is 7.32. The van der Waals surface area contributed by atoms with E-state index < -0.39 is 5.54 Å². The van der Waals surface area contributed by atoms with E-state index in [1.54, 1.807) is 12.1 Å². The molecule has 1 unspecified atom stereocenters. The summed E-state index contributed by atoms with van der Waals surface area (Å²) >= 11 is 12.0. The van der Waals surface area contributed by atoms with E-state index in [0.29, 0.717) is 22.3 Å². The molecule has 0 saturated heterocycles. The van der Waals surface area contributed by atoms with Gasteiger partial charge in [0.25, 0.3) is 5.91 Å². The number of amides is 1. The molecule has 3 nitrogen and oxygen atoms in total. The van der Waals surface area contributed by atoms with Crippen molar-refractivity contribution in [3.63, 3.8) is 0 Å². The van der Waals surface area contributed by atoms with Gasteiger partial charge in [0.1, 0.15) is 5.84 Å². The highest BCUT2D eigenvalue weighted by Gasteiger charge is 2.45. The summed E-state index contributed by atoms with van der Waals surface area (Å²) in [6.07, 6.45) is 0.442. The van der Waals surface area contributed by atoms with E-state index >= 15 is 0 Å². The predicted octanol–water partition coefficient (Wildman–Crippen LogP) is 5.01. The highest BCUT2D eigenvalue weighted by Crippen LogP contribution is 2.35. The van der Waals surface area contributed by atoms with Gasteiger partial charge < -0.3 is 5.32 Å². The van der Waals surface area contributed by atoms with Gasteiger partial charge in [0.15, 0.2) is 5.54 Å². The van der Waals surface area contributed by atoms with Gasteiger partial charge in [-0.25, -0.2) is 4.99 Å². The van der Waals surface area contributed by atoms with Gasteiger partial charge in [0.2, 0.25) is 0 Å². The number of benzene rings is 3. The Morgan fingerprint density at radius 1 is 0.815 bits per heavy atom. The zero-order valence-corrected chi connectivity index (χ0v) is 15.8. The second kappa shape index (κ2) is 7.18. The van der Waals surface area contributed by atoms with Crippen LogP contribution in [0, 0.1) is 0 Å². The number of hydrogen-bond donors (Lipinski definition) is 1. The molecule has 134 valence electrons. The Balaban J connectivity index is 1.81. The van der Waals surface area contributed by atoms with Gasteiger partial charge in [-0.15, -0.1) is 0 Å². The molecule has 0 saturated carbocycles. The first-order chi connectivity index (χ1) is 13.1. The van der Waals surface area contributed by atoms with E-state index in [-0.39, 0.29) is 5.91 Å². The Labute approximate surface area is 167 Å². The lowest BCUT2D eigenvalue weighted by molar-refractivity contribution is -0.124. The molecule has 0 spiro atoms. The molecule has 27 heavy (non-hydrogen) atoms. The average Bonchev–Trinajstić information content (AvgIpc) is 3.02. The molecule has 0 radical (unpaired) electrons. The minimum atomic E-state index is -1.02. The summed E-state index contributed by atoms with van der Waals surface area (Å²) in [6.45, 7) is 0. The van der Waals surface area contributed by atoms with Gasteiger partial charge in [-0.05, 0) is 47.5 Å². The minimum Gasteiger partial charge on any atom is -0.308 e. The van der Waals surface area contributed by atoms with Crippen molar-refractivity contribution in [3.8, 4) is 0 Å². The molecule has 1 aliphatic rings. The maximum Gasteiger partial charge on any atom is 0.258 e. The predicted molar refractivity (Wildman–Crippen MR) is 109 cm³/mol. The lowest BCUT2D eigenvalue weighted by atomic mass is 9.84. The summed E-state index contributed by atoms with van der Waals surface area (Å²) < 4.78 is 0. The monoisotopic (exact) mass is 394 g/mol. The zero-order valence-electron chi connectivity index (χ0n) is 14.3. The summed E-state index contributed by atoms with van der Waals surface area (Å²) in [7, 11) is 0. The number of amidine groups is 1. The van der Waals surface area contributed by atoms with Crippen LogP contribution in [0.4, 0.5) is 0 Å². The molecule has 1 N–H and O–H groups in total. The fraction of sp³-hybridized carbons (Fsp3) is 0.0909. The first kappa shape index (κ1) is 17.8. The van der Waals surface area contributed by atoms with Crippen LogP contribution < -0.4 is 5.32 Å². The molecule has 5 heteroatoms. The first-order valence-corrected chi connectivity index (χ1v) is 9.30. The standard InChI is InChI=1S/C22H16Cl2N2O/c23-18-10-6-15(7-11-18)14-22(17-4-2-1-3-5-17)21(27)25-20(26-22)16-8-12-19(24)13-9-16/h1-13H,14H2,(H,25,26,27). The number of rotatable bonds is 4. The number of hydrogen-bond acceptors (Lipinski definition) is 2. The topological polar surface area (TPSA) is 41.5 Å². The Morgan fingerprint density at radius 2 is 1.41 bits per heavy atom. The van der Waals surface area contributed by atoms with Crippen LogP contribution in [0.3, 0.4) is 0 Å². The molecule has 3 aromatic carbocycles. The van der Waals surface area contributed by atoms with Gasteiger partial charge in [-0.2, -0.15) is 0 Å². The Hall–Kier alpha value is -2.62. The number of nitrogens with one attached hydrogen (secondary N) is 1. The maximum absolute atomic E-state index is 13.1. The number of aliphatic imine (C=N–C) groups is 1. The summed E-state index contributed by atoms with van der Waals surface area (Å²) in [6, 6.07) is 24.4. The molecule has 1 atom stereocenters. The maximum atomic E-state index is 13.1. The number of halogens is 2. The first-order valence-electron chi connectivity index (χ1n) is 8.54. The van der Waals surface area contributed by atoms with Gasteiger partial charge in [-0.1, -0.05) is 65.7 Å². The van der Waals surface area contributed by atoms with E-state index in [4.69, 9.17) is 28.2 Å². The third-order valence-electron chi connectivity index (χ3n) is 4.65. The van der Waals surface area contributed by atoms with Crippen molar-refractivity contribution in [1.29, 1.82) is 0 Å². The van der Waals surface area contributed by atoms with Gasteiger partial charge in [0, 0.05) is 22.0 Å². The highest BCUT2D eigenvalue weighted by atomic mass is 35.5. The quantitative estimate of drug-likeness (QED) is 0.663. The molecular formula is C22H16Cl2N2O. The van der Waals surface area contributed by atoms with E-state index in [2.05, 4.69) is 5.32 Å². The molecule has 4 rings (SSSR count). The van der Waals surface area contributed by atoms with Crippen molar-refractivity contribution in [2.45, 2.75) is 12.0 Å². The van der Waals surface area contributed by atoms with E-state index in [0.717, 1.165) is 16.7 Å². The Morgan fingerprint density at radius 3 is 2.04 bits per heavy atom. The third-order valence-corrected chi connectivity index (χ3v) is 5.16. The molecule has 3 aromatic rings. The molecule has 0 bridgehead atoms. The summed E-state index contributed by atoms with van der Waals surface area (Å²) in [5.41, 5.74) is 1.63. The van der Waals surface area contributed by atoms with E-state index in [9.17, 15) is 4.79 Å². The summed E-state index contributed by atoms with van der Waals surface area (Å²) in [5.74, 6) is 0.406. The molecule has 0 aliphatic carbocycles. The lowest BCUT2D eigenvalue weighted by Crippen LogP contribution is -2.39. The van der Waals surface area contributed by atoms with Crippen LogP contribution in [-0.4, -0.2) is 11.7 Å². The molecule has 1 amide bonds.